The normalized spacial score (nSPS) is 15.1. The molecule has 0 saturated heterocycles. The predicted molar refractivity (Wildman–Crippen MR) is 82.7 cm³/mol. The maximum atomic E-state index is 12.7. The van der Waals surface area contributed by atoms with Gasteiger partial charge in [0.05, 0.1) is 11.7 Å². The third-order valence-corrected chi connectivity index (χ3v) is 5.09. The molecule has 2 heterocycles. The van der Waals surface area contributed by atoms with Gasteiger partial charge in [0.25, 0.3) is 5.56 Å². The summed E-state index contributed by atoms with van der Waals surface area (Å²) in [6.07, 6.45) is 4.54. The van der Waals surface area contributed by atoms with Gasteiger partial charge in [-0.05, 0) is 31.7 Å². The molecule has 1 amide bonds. The van der Waals surface area contributed by atoms with Gasteiger partial charge in [0.15, 0.2) is 0 Å². The van der Waals surface area contributed by atoms with E-state index in [-0.39, 0.29) is 11.5 Å². The van der Waals surface area contributed by atoms with Gasteiger partial charge in [0, 0.05) is 18.0 Å². The topological polar surface area (TPSA) is 90.0 Å². The largest absolute Gasteiger partial charge is 0.353 e. The summed E-state index contributed by atoms with van der Waals surface area (Å²) >= 11 is 1.60. The highest BCUT2D eigenvalue weighted by Crippen LogP contribution is 2.34. The molecule has 6 nitrogen and oxygen atoms in total. The van der Waals surface area contributed by atoms with Crippen LogP contribution in [-0.4, -0.2) is 28.5 Å². The van der Waals surface area contributed by atoms with Crippen molar-refractivity contribution in [2.24, 2.45) is 5.73 Å². The zero-order valence-corrected chi connectivity index (χ0v) is 12.7. The summed E-state index contributed by atoms with van der Waals surface area (Å²) < 4.78 is 1.42. The van der Waals surface area contributed by atoms with E-state index >= 15 is 0 Å². The number of thiophene rings is 1. The molecule has 112 valence electrons. The van der Waals surface area contributed by atoms with E-state index in [4.69, 9.17) is 5.73 Å². The van der Waals surface area contributed by atoms with Crippen LogP contribution in [0.25, 0.3) is 10.2 Å². The molecule has 1 atom stereocenters. The summed E-state index contributed by atoms with van der Waals surface area (Å²) in [5.41, 5.74) is 6.39. The highest BCUT2D eigenvalue weighted by Gasteiger charge is 2.23. The Hall–Kier alpha value is -1.73. The van der Waals surface area contributed by atoms with E-state index in [1.165, 1.54) is 15.8 Å². The Morgan fingerprint density at radius 3 is 3.14 bits per heavy atom. The molecule has 0 fully saturated rings. The fraction of sp³-hybridized carbons (Fsp3) is 0.500. The van der Waals surface area contributed by atoms with Crippen molar-refractivity contribution in [2.45, 2.75) is 32.2 Å². The highest BCUT2D eigenvalue weighted by atomic mass is 32.1. The van der Waals surface area contributed by atoms with Crippen LogP contribution in [0.3, 0.4) is 0 Å². The number of rotatable bonds is 4. The summed E-state index contributed by atoms with van der Waals surface area (Å²) in [7, 11) is 0. The third kappa shape index (κ3) is 2.36. The van der Waals surface area contributed by atoms with E-state index in [0.29, 0.717) is 18.5 Å². The van der Waals surface area contributed by atoms with Crippen molar-refractivity contribution in [1.29, 1.82) is 0 Å². The maximum Gasteiger partial charge on any atom is 0.263 e. The highest BCUT2D eigenvalue weighted by molar-refractivity contribution is 7.18. The van der Waals surface area contributed by atoms with Gasteiger partial charge in [-0.15, -0.1) is 11.3 Å². The molecule has 3 rings (SSSR count). The first kappa shape index (κ1) is 14.2. The number of nitrogens with zero attached hydrogens (tertiary/aromatic N) is 2. The Balaban J connectivity index is 2.02. The number of fused-ring (bicyclic) bond motifs is 3. The zero-order valence-electron chi connectivity index (χ0n) is 11.9. The van der Waals surface area contributed by atoms with E-state index < -0.39 is 6.04 Å². The lowest BCUT2D eigenvalue weighted by molar-refractivity contribution is -0.123. The standard InChI is InChI=1S/C14H18N4O2S/c1-8(12(19)16-6-5-15)18-7-17-13-11(14(18)20)9-3-2-4-10(9)21-13/h7-8H,2-6,15H2,1H3,(H,16,19). The number of aromatic nitrogens is 2. The van der Waals surface area contributed by atoms with Gasteiger partial charge >= 0.3 is 0 Å². The average Bonchev–Trinajstić information content (AvgIpc) is 3.04. The fourth-order valence-corrected chi connectivity index (χ4v) is 3.96. The van der Waals surface area contributed by atoms with Gasteiger partial charge in [-0.3, -0.25) is 14.2 Å². The Morgan fingerprint density at radius 1 is 1.57 bits per heavy atom. The smallest absolute Gasteiger partial charge is 0.263 e. The van der Waals surface area contributed by atoms with E-state index in [9.17, 15) is 9.59 Å². The fourth-order valence-electron chi connectivity index (χ4n) is 2.74. The molecule has 21 heavy (non-hydrogen) atoms. The Bertz CT molecular complexity index is 749. The molecule has 7 heteroatoms. The number of hydrogen-bond donors (Lipinski definition) is 2. The van der Waals surface area contributed by atoms with Gasteiger partial charge in [-0.1, -0.05) is 0 Å². The molecule has 1 aliphatic carbocycles. The van der Waals surface area contributed by atoms with Crippen LogP contribution in [0, 0.1) is 0 Å². The van der Waals surface area contributed by atoms with Crippen LogP contribution >= 0.6 is 11.3 Å². The Morgan fingerprint density at radius 2 is 2.38 bits per heavy atom. The lowest BCUT2D eigenvalue weighted by Gasteiger charge is -2.14. The first-order chi connectivity index (χ1) is 10.1. The molecule has 0 aliphatic heterocycles. The molecule has 0 saturated carbocycles. The minimum Gasteiger partial charge on any atom is -0.353 e. The number of carbonyl (C=O) groups excluding carboxylic acids is 1. The van der Waals surface area contributed by atoms with Crippen molar-refractivity contribution < 1.29 is 4.79 Å². The number of amides is 1. The minimum atomic E-state index is -0.585. The van der Waals surface area contributed by atoms with E-state index in [0.717, 1.165) is 29.7 Å². The van der Waals surface area contributed by atoms with Crippen molar-refractivity contribution in [3.8, 4) is 0 Å². The van der Waals surface area contributed by atoms with Crippen molar-refractivity contribution in [1.82, 2.24) is 14.9 Å². The second-order valence-electron chi connectivity index (χ2n) is 5.25. The molecule has 0 spiro atoms. The number of hydrogen-bond acceptors (Lipinski definition) is 5. The monoisotopic (exact) mass is 306 g/mol. The molecule has 0 bridgehead atoms. The number of aryl methyl sites for hydroxylation is 2. The first-order valence-corrected chi connectivity index (χ1v) is 7.94. The third-order valence-electron chi connectivity index (χ3n) is 3.89. The Labute approximate surface area is 126 Å². The summed E-state index contributed by atoms with van der Waals surface area (Å²) in [4.78, 5) is 31.1. The number of carbonyl (C=O) groups is 1. The SMILES string of the molecule is CC(C(=O)NCCN)n1cnc2sc3c(c2c1=O)CCC3. The lowest BCUT2D eigenvalue weighted by atomic mass is 10.2. The number of nitrogens with two attached hydrogens (primary N) is 1. The van der Waals surface area contributed by atoms with Gasteiger partial charge in [0.1, 0.15) is 10.9 Å². The quantitative estimate of drug-likeness (QED) is 0.864. The van der Waals surface area contributed by atoms with Crippen molar-refractivity contribution in [2.75, 3.05) is 13.1 Å². The molecular formula is C14H18N4O2S. The molecule has 0 aromatic carbocycles. The van der Waals surface area contributed by atoms with Crippen LogP contribution in [-0.2, 0) is 17.6 Å². The summed E-state index contributed by atoms with van der Waals surface area (Å²) in [5, 5.41) is 3.41. The van der Waals surface area contributed by atoms with Crippen LogP contribution in [0.5, 0.6) is 0 Å². The van der Waals surface area contributed by atoms with Crippen molar-refractivity contribution >= 4 is 27.5 Å². The van der Waals surface area contributed by atoms with Crippen LogP contribution in [0.4, 0.5) is 0 Å². The second-order valence-corrected chi connectivity index (χ2v) is 6.33. The van der Waals surface area contributed by atoms with Crippen molar-refractivity contribution in [3.63, 3.8) is 0 Å². The number of nitrogens with one attached hydrogen (secondary N) is 1. The minimum absolute atomic E-state index is 0.116. The predicted octanol–water partition coefficient (Wildman–Crippen LogP) is 0.583. The van der Waals surface area contributed by atoms with Crippen LogP contribution < -0.4 is 16.6 Å². The van der Waals surface area contributed by atoms with E-state index in [1.54, 1.807) is 18.3 Å². The maximum absolute atomic E-state index is 12.7. The summed E-state index contributed by atoms with van der Waals surface area (Å²) in [5.74, 6) is -0.212. The van der Waals surface area contributed by atoms with Gasteiger partial charge in [0.2, 0.25) is 5.91 Å². The molecule has 1 unspecified atom stereocenters. The van der Waals surface area contributed by atoms with E-state index in [2.05, 4.69) is 10.3 Å². The summed E-state index contributed by atoms with van der Waals surface area (Å²) in [6, 6.07) is -0.585. The molecule has 2 aromatic heterocycles. The zero-order chi connectivity index (χ0) is 15.0. The Kier molecular flexibility index (Phi) is 3.77. The molecule has 2 aromatic rings. The molecule has 3 N–H and O–H groups in total. The lowest BCUT2D eigenvalue weighted by Crippen LogP contribution is -2.38. The van der Waals surface area contributed by atoms with Crippen LogP contribution in [0.15, 0.2) is 11.1 Å². The first-order valence-electron chi connectivity index (χ1n) is 7.12. The van der Waals surface area contributed by atoms with Gasteiger partial charge in [-0.25, -0.2) is 4.98 Å². The van der Waals surface area contributed by atoms with Gasteiger partial charge in [-0.2, -0.15) is 0 Å². The molecular weight excluding hydrogens is 288 g/mol. The summed E-state index contributed by atoms with van der Waals surface area (Å²) in [6.45, 7) is 2.48. The molecule has 0 radical (unpaired) electrons. The van der Waals surface area contributed by atoms with Crippen LogP contribution in [0.1, 0.15) is 29.8 Å². The van der Waals surface area contributed by atoms with Crippen molar-refractivity contribution in [3.05, 3.63) is 27.1 Å². The average molecular weight is 306 g/mol. The van der Waals surface area contributed by atoms with E-state index in [1.807, 2.05) is 0 Å². The molecule has 1 aliphatic rings. The van der Waals surface area contributed by atoms with Crippen LogP contribution in [0.2, 0.25) is 0 Å². The second kappa shape index (κ2) is 5.57. The van der Waals surface area contributed by atoms with Gasteiger partial charge < -0.3 is 11.1 Å².